The van der Waals surface area contributed by atoms with E-state index in [-0.39, 0.29) is 11.3 Å². The number of benzene rings is 1. The number of ketones is 1. The summed E-state index contributed by atoms with van der Waals surface area (Å²) in [4.78, 5) is 23.3. The maximum Gasteiger partial charge on any atom is 0.335 e. The van der Waals surface area contributed by atoms with Gasteiger partial charge in [-0.3, -0.25) is 4.79 Å². The number of Topliss-reactive ketones (excluding diaryl/α,β-unsaturated/α-hetero) is 1. The van der Waals surface area contributed by atoms with Crippen LogP contribution in [0.25, 0.3) is 0 Å². The van der Waals surface area contributed by atoms with Crippen LogP contribution in [0.15, 0.2) is 18.2 Å². The predicted molar refractivity (Wildman–Crippen MR) is 92.2 cm³/mol. The Morgan fingerprint density at radius 3 is 2.67 bits per heavy atom. The number of carbonyl (C=O) groups is 2. The van der Waals surface area contributed by atoms with Gasteiger partial charge in [-0.1, -0.05) is 13.0 Å². The minimum absolute atomic E-state index is 0.186. The summed E-state index contributed by atoms with van der Waals surface area (Å²) in [6, 6.07) is 5.72. The average Bonchev–Trinajstić information content (AvgIpc) is 2.91. The van der Waals surface area contributed by atoms with Gasteiger partial charge < -0.3 is 5.11 Å². The normalized spacial score (nSPS) is 37.2. The molecule has 0 heterocycles. The third kappa shape index (κ3) is 2.17. The maximum atomic E-state index is 12.1. The molecule has 3 nitrogen and oxygen atoms in total. The molecule has 3 heteroatoms. The smallest absolute Gasteiger partial charge is 0.335 e. The van der Waals surface area contributed by atoms with E-state index >= 15 is 0 Å². The molecule has 2 fully saturated rings. The number of carbonyl (C=O) groups excluding carboxylic acids is 1. The second-order valence-electron chi connectivity index (χ2n) is 8.42. The van der Waals surface area contributed by atoms with Gasteiger partial charge in [-0.2, -0.15) is 0 Å². The topological polar surface area (TPSA) is 54.4 Å². The first kappa shape index (κ1) is 15.9. The SMILES string of the molecule is CC(=O)[C@H]1CC[C@H]2[C@@H]3CCc4cc(C(=O)O)ccc4[C@H]3CC[C@]12C. The summed E-state index contributed by atoms with van der Waals surface area (Å²) >= 11 is 0. The Kier molecular flexibility index (Phi) is 3.59. The van der Waals surface area contributed by atoms with E-state index < -0.39 is 5.97 Å². The van der Waals surface area contributed by atoms with Gasteiger partial charge in [-0.15, -0.1) is 0 Å². The van der Waals surface area contributed by atoms with E-state index in [1.165, 1.54) is 17.5 Å². The zero-order valence-electron chi connectivity index (χ0n) is 14.5. The van der Waals surface area contributed by atoms with Gasteiger partial charge in [-0.05, 0) is 91.9 Å². The molecule has 3 aliphatic rings. The molecule has 2 saturated carbocycles. The monoisotopic (exact) mass is 326 g/mol. The molecule has 0 aromatic heterocycles. The fourth-order valence-electron chi connectivity index (χ4n) is 6.38. The molecule has 1 aromatic carbocycles. The number of aromatic carboxylic acids is 1. The van der Waals surface area contributed by atoms with Crippen molar-refractivity contribution in [2.75, 3.05) is 0 Å². The second-order valence-corrected chi connectivity index (χ2v) is 8.42. The summed E-state index contributed by atoms with van der Waals surface area (Å²) in [7, 11) is 0. The number of rotatable bonds is 2. The van der Waals surface area contributed by atoms with Gasteiger partial charge in [0.1, 0.15) is 5.78 Å². The predicted octanol–water partition coefficient (Wildman–Crippen LogP) is 4.45. The zero-order valence-corrected chi connectivity index (χ0v) is 14.5. The molecule has 3 aliphatic carbocycles. The van der Waals surface area contributed by atoms with Crippen molar-refractivity contribution in [1.29, 1.82) is 0 Å². The summed E-state index contributed by atoms with van der Waals surface area (Å²) in [5.74, 6) is 1.66. The van der Waals surface area contributed by atoms with Crippen LogP contribution in [0.4, 0.5) is 0 Å². The van der Waals surface area contributed by atoms with Crippen molar-refractivity contribution in [2.24, 2.45) is 23.2 Å². The zero-order chi connectivity index (χ0) is 17.1. The van der Waals surface area contributed by atoms with Crippen LogP contribution in [0.1, 0.15) is 73.4 Å². The first-order chi connectivity index (χ1) is 11.4. The van der Waals surface area contributed by atoms with E-state index in [1.807, 2.05) is 6.07 Å². The van der Waals surface area contributed by atoms with E-state index in [0.717, 1.165) is 32.1 Å². The van der Waals surface area contributed by atoms with Crippen molar-refractivity contribution in [3.8, 4) is 0 Å². The average molecular weight is 326 g/mol. The Morgan fingerprint density at radius 1 is 1.17 bits per heavy atom. The molecule has 0 aliphatic heterocycles. The molecule has 0 spiro atoms. The van der Waals surface area contributed by atoms with E-state index in [0.29, 0.717) is 29.1 Å². The van der Waals surface area contributed by atoms with Crippen LogP contribution in [0.3, 0.4) is 0 Å². The van der Waals surface area contributed by atoms with E-state index in [2.05, 4.69) is 13.0 Å². The molecule has 1 aromatic rings. The molecule has 0 bridgehead atoms. The lowest BCUT2D eigenvalue weighted by Gasteiger charge is -2.50. The number of carboxylic acids is 1. The lowest BCUT2D eigenvalue weighted by molar-refractivity contribution is -0.125. The van der Waals surface area contributed by atoms with Crippen LogP contribution in [-0.2, 0) is 11.2 Å². The van der Waals surface area contributed by atoms with Crippen molar-refractivity contribution in [1.82, 2.24) is 0 Å². The van der Waals surface area contributed by atoms with Crippen LogP contribution < -0.4 is 0 Å². The van der Waals surface area contributed by atoms with Crippen molar-refractivity contribution >= 4 is 11.8 Å². The van der Waals surface area contributed by atoms with Crippen molar-refractivity contribution in [3.63, 3.8) is 0 Å². The Morgan fingerprint density at radius 2 is 1.96 bits per heavy atom. The molecule has 24 heavy (non-hydrogen) atoms. The molecule has 5 atom stereocenters. The minimum Gasteiger partial charge on any atom is -0.478 e. The van der Waals surface area contributed by atoms with Crippen LogP contribution in [0.5, 0.6) is 0 Å². The molecular weight excluding hydrogens is 300 g/mol. The standard InChI is InChI=1S/C21H26O3/c1-12(22)18-7-8-19-17-6-3-13-11-14(20(23)24)4-5-15(13)16(17)9-10-21(18,19)2/h4-5,11,16-19H,3,6-10H2,1-2H3,(H,23,24)/t16-,17-,18-,19+,21-/m1/s1. The second kappa shape index (κ2) is 5.44. The highest BCUT2D eigenvalue weighted by molar-refractivity contribution is 5.88. The van der Waals surface area contributed by atoms with Crippen LogP contribution in [0, 0.1) is 23.2 Å². The molecule has 0 radical (unpaired) electrons. The van der Waals surface area contributed by atoms with Crippen LogP contribution in [-0.4, -0.2) is 16.9 Å². The summed E-state index contributed by atoms with van der Waals surface area (Å²) in [5.41, 5.74) is 3.21. The number of hydrogen-bond donors (Lipinski definition) is 1. The highest BCUT2D eigenvalue weighted by atomic mass is 16.4. The lowest BCUT2D eigenvalue weighted by Crippen LogP contribution is -2.43. The molecule has 0 amide bonds. The third-order valence-corrected chi connectivity index (χ3v) is 7.46. The van der Waals surface area contributed by atoms with Crippen molar-refractivity contribution in [3.05, 3.63) is 34.9 Å². The largest absolute Gasteiger partial charge is 0.478 e. The Bertz CT molecular complexity index is 707. The Labute approximate surface area is 143 Å². The first-order valence-corrected chi connectivity index (χ1v) is 9.28. The molecule has 4 rings (SSSR count). The number of hydrogen-bond acceptors (Lipinski definition) is 2. The fourth-order valence-corrected chi connectivity index (χ4v) is 6.38. The molecule has 1 N–H and O–H groups in total. The molecule has 128 valence electrons. The van der Waals surface area contributed by atoms with Crippen molar-refractivity contribution < 1.29 is 14.7 Å². The molecule has 0 saturated heterocycles. The van der Waals surface area contributed by atoms with Gasteiger partial charge in [0.05, 0.1) is 5.56 Å². The van der Waals surface area contributed by atoms with Crippen LogP contribution >= 0.6 is 0 Å². The summed E-state index contributed by atoms with van der Waals surface area (Å²) < 4.78 is 0. The van der Waals surface area contributed by atoms with E-state index in [4.69, 9.17) is 0 Å². The lowest BCUT2D eigenvalue weighted by atomic mass is 9.54. The van der Waals surface area contributed by atoms with E-state index in [1.54, 1.807) is 13.0 Å². The number of aryl methyl sites for hydroxylation is 1. The van der Waals surface area contributed by atoms with E-state index in [9.17, 15) is 14.7 Å². The van der Waals surface area contributed by atoms with Gasteiger partial charge in [-0.25, -0.2) is 4.79 Å². The molecular formula is C21H26O3. The highest BCUT2D eigenvalue weighted by Gasteiger charge is 2.55. The Hall–Kier alpha value is -1.64. The van der Waals surface area contributed by atoms with Gasteiger partial charge >= 0.3 is 5.97 Å². The summed E-state index contributed by atoms with van der Waals surface area (Å²) in [6.45, 7) is 4.13. The summed E-state index contributed by atoms with van der Waals surface area (Å²) in [6.07, 6.45) is 6.64. The van der Waals surface area contributed by atoms with Gasteiger partial charge in [0, 0.05) is 5.92 Å². The minimum atomic E-state index is -0.837. The van der Waals surface area contributed by atoms with Crippen molar-refractivity contribution in [2.45, 2.75) is 58.3 Å². The Balaban J connectivity index is 1.67. The quantitative estimate of drug-likeness (QED) is 0.874. The fraction of sp³-hybridized carbons (Fsp3) is 0.619. The number of fused-ring (bicyclic) bond motifs is 5. The summed E-state index contributed by atoms with van der Waals surface area (Å²) in [5, 5.41) is 9.23. The van der Waals surface area contributed by atoms with Gasteiger partial charge in [0.15, 0.2) is 0 Å². The highest BCUT2D eigenvalue weighted by Crippen LogP contribution is 2.63. The van der Waals surface area contributed by atoms with Gasteiger partial charge in [0.2, 0.25) is 0 Å². The first-order valence-electron chi connectivity index (χ1n) is 9.28. The van der Waals surface area contributed by atoms with Crippen LogP contribution in [0.2, 0.25) is 0 Å². The third-order valence-electron chi connectivity index (χ3n) is 7.46. The van der Waals surface area contributed by atoms with Gasteiger partial charge in [0.25, 0.3) is 0 Å². The maximum absolute atomic E-state index is 12.1. The number of carboxylic acid groups (broad SMARTS) is 1. The molecule has 0 unspecified atom stereocenters.